The standard InChI is InChI=1S/C14H25N3O/c1-3-13(4-2)17-9-7-12(15-17)10-16-8-5-6-14(16)11-18/h7,9,13-14,18H,3-6,8,10-11H2,1-2H3. The fourth-order valence-electron chi connectivity index (χ4n) is 2.85. The fourth-order valence-corrected chi connectivity index (χ4v) is 2.85. The van der Waals surface area contributed by atoms with Crippen molar-refractivity contribution in [2.24, 2.45) is 0 Å². The Hall–Kier alpha value is -0.870. The summed E-state index contributed by atoms with van der Waals surface area (Å²) in [6.07, 6.45) is 6.65. The lowest BCUT2D eigenvalue weighted by molar-refractivity contribution is 0.152. The number of hydrogen-bond acceptors (Lipinski definition) is 3. The van der Waals surface area contributed by atoms with Gasteiger partial charge in [0.2, 0.25) is 0 Å². The van der Waals surface area contributed by atoms with Crippen molar-refractivity contribution < 1.29 is 5.11 Å². The second kappa shape index (κ2) is 6.34. The first kappa shape index (κ1) is 13.6. The zero-order valence-electron chi connectivity index (χ0n) is 11.5. The molecule has 0 bridgehead atoms. The second-order valence-corrected chi connectivity index (χ2v) is 5.21. The highest BCUT2D eigenvalue weighted by atomic mass is 16.3. The quantitative estimate of drug-likeness (QED) is 0.842. The van der Waals surface area contributed by atoms with Crippen LogP contribution >= 0.6 is 0 Å². The van der Waals surface area contributed by atoms with E-state index in [1.807, 2.05) is 0 Å². The van der Waals surface area contributed by atoms with Gasteiger partial charge in [-0.1, -0.05) is 13.8 Å². The van der Waals surface area contributed by atoms with Crippen LogP contribution in [0.5, 0.6) is 0 Å². The Morgan fingerprint density at radius 2 is 2.22 bits per heavy atom. The van der Waals surface area contributed by atoms with Gasteiger partial charge in [0.1, 0.15) is 0 Å². The minimum atomic E-state index is 0.271. The topological polar surface area (TPSA) is 41.3 Å². The molecule has 0 aliphatic carbocycles. The minimum Gasteiger partial charge on any atom is -0.395 e. The van der Waals surface area contributed by atoms with Crippen LogP contribution in [0.15, 0.2) is 12.3 Å². The van der Waals surface area contributed by atoms with Gasteiger partial charge in [0.05, 0.1) is 18.3 Å². The number of nitrogens with zero attached hydrogens (tertiary/aromatic N) is 3. The lowest BCUT2D eigenvalue weighted by atomic mass is 10.2. The zero-order valence-corrected chi connectivity index (χ0v) is 11.5. The summed E-state index contributed by atoms with van der Waals surface area (Å²) in [5, 5.41) is 14.0. The molecular weight excluding hydrogens is 226 g/mol. The van der Waals surface area contributed by atoms with Crippen molar-refractivity contribution in [2.45, 2.75) is 58.2 Å². The van der Waals surface area contributed by atoms with E-state index < -0.39 is 0 Å². The molecule has 1 aromatic heterocycles. The molecule has 0 saturated carbocycles. The summed E-state index contributed by atoms with van der Waals surface area (Å²) < 4.78 is 2.10. The van der Waals surface area contributed by atoms with Crippen molar-refractivity contribution in [3.8, 4) is 0 Å². The van der Waals surface area contributed by atoms with E-state index in [0.717, 1.165) is 38.0 Å². The molecule has 1 atom stereocenters. The van der Waals surface area contributed by atoms with Gasteiger partial charge in [-0.05, 0) is 38.3 Å². The van der Waals surface area contributed by atoms with Crippen molar-refractivity contribution in [1.29, 1.82) is 0 Å². The van der Waals surface area contributed by atoms with Gasteiger partial charge in [0.25, 0.3) is 0 Å². The van der Waals surface area contributed by atoms with Crippen LogP contribution in [0, 0.1) is 0 Å². The predicted octanol–water partition coefficient (Wildman–Crippen LogP) is 2.20. The molecule has 18 heavy (non-hydrogen) atoms. The maximum Gasteiger partial charge on any atom is 0.0765 e. The summed E-state index contributed by atoms with van der Waals surface area (Å²) in [4.78, 5) is 2.35. The number of aliphatic hydroxyl groups excluding tert-OH is 1. The van der Waals surface area contributed by atoms with Gasteiger partial charge < -0.3 is 5.11 Å². The molecule has 4 nitrogen and oxygen atoms in total. The largest absolute Gasteiger partial charge is 0.395 e. The second-order valence-electron chi connectivity index (χ2n) is 5.21. The van der Waals surface area contributed by atoms with Gasteiger partial charge in [-0.25, -0.2) is 0 Å². The normalized spacial score (nSPS) is 21.0. The zero-order chi connectivity index (χ0) is 13.0. The maximum absolute atomic E-state index is 9.32. The first-order chi connectivity index (χ1) is 8.78. The number of aliphatic hydroxyl groups is 1. The van der Waals surface area contributed by atoms with Gasteiger partial charge >= 0.3 is 0 Å². The Morgan fingerprint density at radius 3 is 2.89 bits per heavy atom. The monoisotopic (exact) mass is 251 g/mol. The van der Waals surface area contributed by atoms with Gasteiger partial charge in [0.15, 0.2) is 0 Å². The van der Waals surface area contributed by atoms with Crippen LogP contribution < -0.4 is 0 Å². The van der Waals surface area contributed by atoms with Gasteiger partial charge in [-0.2, -0.15) is 5.10 Å². The first-order valence-electron chi connectivity index (χ1n) is 7.17. The van der Waals surface area contributed by atoms with E-state index in [9.17, 15) is 5.11 Å². The third-order valence-electron chi connectivity index (χ3n) is 4.06. The average Bonchev–Trinajstić information content (AvgIpc) is 3.01. The van der Waals surface area contributed by atoms with Crippen LogP contribution in [-0.4, -0.2) is 39.0 Å². The van der Waals surface area contributed by atoms with Crippen molar-refractivity contribution in [3.05, 3.63) is 18.0 Å². The fraction of sp³-hybridized carbons (Fsp3) is 0.786. The Morgan fingerprint density at radius 1 is 1.44 bits per heavy atom. The summed E-state index contributed by atoms with van der Waals surface area (Å²) >= 11 is 0. The molecule has 1 saturated heterocycles. The molecule has 1 aromatic rings. The SMILES string of the molecule is CCC(CC)n1ccc(CN2CCCC2CO)n1. The molecule has 1 aliphatic rings. The molecule has 0 radical (unpaired) electrons. The minimum absolute atomic E-state index is 0.271. The van der Waals surface area contributed by atoms with Crippen LogP contribution in [0.3, 0.4) is 0 Å². The highest BCUT2D eigenvalue weighted by Crippen LogP contribution is 2.20. The molecule has 2 rings (SSSR count). The summed E-state index contributed by atoms with van der Waals surface area (Å²) in [5.41, 5.74) is 1.13. The molecule has 2 heterocycles. The van der Waals surface area contributed by atoms with Crippen LogP contribution in [0.1, 0.15) is 51.3 Å². The molecule has 0 amide bonds. The molecule has 1 aliphatic heterocycles. The van der Waals surface area contributed by atoms with Gasteiger partial charge in [0, 0.05) is 18.8 Å². The number of likely N-dealkylation sites (tertiary alicyclic amines) is 1. The Balaban J connectivity index is 1.98. The van der Waals surface area contributed by atoms with Gasteiger partial charge in [-0.3, -0.25) is 9.58 Å². The van der Waals surface area contributed by atoms with Crippen molar-refractivity contribution >= 4 is 0 Å². The highest BCUT2D eigenvalue weighted by molar-refractivity contribution is 5.01. The predicted molar refractivity (Wildman–Crippen MR) is 72.4 cm³/mol. The maximum atomic E-state index is 9.32. The summed E-state index contributed by atoms with van der Waals surface area (Å²) in [6, 6.07) is 2.97. The van der Waals surface area contributed by atoms with Gasteiger partial charge in [-0.15, -0.1) is 0 Å². The third-order valence-corrected chi connectivity index (χ3v) is 4.06. The molecule has 1 unspecified atom stereocenters. The summed E-state index contributed by atoms with van der Waals surface area (Å²) in [6.45, 7) is 6.64. The van der Waals surface area contributed by atoms with Crippen LogP contribution in [0.2, 0.25) is 0 Å². The molecule has 0 spiro atoms. The Labute approximate surface area is 110 Å². The van der Waals surface area contributed by atoms with Crippen LogP contribution in [0.25, 0.3) is 0 Å². The number of rotatable bonds is 6. The summed E-state index contributed by atoms with van der Waals surface area (Å²) in [5.74, 6) is 0. The van der Waals surface area contributed by atoms with Crippen molar-refractivity contribution in [2.75, 3.05) is 13.2 Å². The van der Waals surface area contributed by atoms with Crippen molar-refractivity contribution in [3.63, 3.8) is 0 Å². The molecule has 1 N–H and O–H groups in total. The smallest absolute Gasteiger partial charge is 0.0765 e. The lowest BCUT2D eigenvalue weighted by Crippen LogP contribution is -2.31. The highest BCUT2D eigenvalue weighted by Gasteiger charge is 2.24. The van der Waals surface area contributed by atoms with Crippen molar-refractivity contribution in [1.82, 2.24) is 14.7 Å². The number of hydrogen-bond donors (Lipinski definition) is 1. The van der Waals surface area contributed by atoms with Crippen LogP contribution in [0.4, 0.5) is 0 Å². The van der Waals surface area contributed by atoms with E-state index in [4.69, 9.17) is 0 Å². The van der Waals surface area contributed by atoms with E-state index in [-0.39, 0.29) is 6.61 Å². The van der Waals surface area contributed by atoms with E-state index >= 15 is 0 Å². The molecule has 0 aromatic carbocycles. The molecule has 1 fully saturated rings. The average molecular weight is 251 g/mol. The molecular formula is C14H25N3O. The first-order valence-corrected chi connectivity index (χ1v) is 7.17. The molecule has 102 valence electrons. The van der Waals surface area contributed by atoms with E-state index in [0.29, 0.717) is 12.1 Å². The van der Waals surface area contributed by atoms with E-state index in [2.05, 4.69) is 40.8 Å². The summed E-state index contributed by atoms with van der Waals surface area (Å²) in [7, 11) is 0. The third kappa shape index (κ3) is 2.93. The number of aromatic nitrogens is 2. The Kier molecular flexibility index (Phi) is 4.78. The van der Waals surface area contributed by atoms with E-state index in [1.165, 1.54) is 6.42 Å². The van der Waals surface area contributed by atoms with Crippen LogP contribution in [-0.2, 0) is 6.54 Å². The lowest BCUT2D eigenvalue weighted by Gasteiger charge is -2.21. The van der Waals surface area contributed by atoms with E-state index in [1.54, 1.807) is 0 Å². The Bertz CT molecular complexity index is 360. The molecule has 4 heteroatoms.